The van der Waals surface area contributed by atoms with E-state index in [4.69, 9.17) is 5.73 Å². The Morgan fingerprint density at radius 2 is 2.11 bits per heavy atom. The van der Waals surface area contributed by atoms with Gasteiger partial charge in [-0.05, 0) is 37.4 Å². The first-order chi connectivity index (χ1) is 9.04. The van der Waals surface area contributed by atoms with Crippen LogP contribution in [0.15, 0.2) is 34.2 Å². The van der Waals surface area contributed by atoms with Crippen LogP contribution >= 0.6 is 0 Å². The molecule has 1 aliphatic heterocycles. The van der Waals surface area contributed by atoms with E-state index in [1.165, 1.54) is 0 Å². The van der Waals surface area contributed by atoms with Gasteiger partial charge in [-0.1, -0.05) is 19.1 Å². The maximum absolute atomic E-state index is 11.8. The molecule has 0 fully saturated rings. The summed E-state index contributed by atoms with van der Waals surface area (Å²) in [6.45, 7) is 3.38. The van der Waals surface area contributed by atoms with Crippen LogP contribution in [0.2, 0.25) is 0 Å². The highest BCUT2D eigenvalue weighted by Gasteiger charge is 2.29. The molecule has 0 aliphatic carbocycles. The van der Waals surface area contributed by atoms with Crippen LogP contribution in [0.4, 0.5) is 0 Å². The van der Waals surface area contributed by atoms with Crippen molar-refractivity contribution in [2.45, 2.75) is 24.7 Å². The Hall–Kier alpha value is -1.40. The van der Waals surface area contributed by atoms with Crippen LogP contribution in [-0.4, -0.2) is 27.3 Å². The van der Waals surface area contributed by atoms with Gasteiger partial charge in [-0.15, -0.1) is 0 Å². The van der Waals surface area contributed by atoms with Gasteiger partial charge >= 0.3 is 0 Å². The lowest BCUT2D eigenvalue weighted by atomic mass is 10.1. The highest BCUT2D eigenvalue weighted by Crippen LogP contribution is 2.22. The van der Waals surface area contributed by atoms with Gasteiger partial charge in [0, 0.05) is 12.1 Å². The van der Waals surface area contributed by atoms with Gasteiger partial charge in [0.05, 0.1) is 4.90 Å². The summed E-state index contributed by atoms with van der Waals surface area (Å²) in [7, 11) is -3.41. The average Bonchev–Trinajstić information content (AvgIpc) is 2.67. The van der Waals surface area contributed by atoms with Gasteiger partial charge in [-0.3, -0.25) is 9.71 Å². The molecule has 1 heterocycles. The van der Waals surface area contributed by atoms with Crippen molar-refractivity contribution in [3.05, 3.63) is 29.8 Å². The maximum atomic E-state index is 11.8. The molecule has 0 bridgehead atoms. The average molecular weight is 281 g/mol. The van der Waals surface area contributed by atoms with E-state index in [0.717, 1.165) is 12.8 Å². The van der Waals surface area contributed by atoms with Crippen LogP contribution in [0.3, 0.4) is 0 Å². The first kappa shape index (κ1) is 14.0. The van der Waals surface area contributed by atoms with E-state index in [2.05, 4.69) is 16.6 Å². The van der Waals surface area contributed by atoms with Gasteiger partial charge in [0.1, 0.15) is 5.84 Å². The zero-order chi connectivity index (χ0) is 13.9. The minimum absolute atomic E-state index is 0.309. The molecule has 1 aliphatic rings. The Morgan fingerprint density at radius 1 is 1.37 bits per heavy atom. The van der Waals surface area contributed by atoms with Gasteiger partial charge in [0.15, 0.2) is 0 Å². The first-order valence-electron chi connectivity index (χ1n) is 6.41. The Kier molecular flexibility index (Phi) is 4.21. The van der Waals surface area contributed by atoms with Crippen LogP contribution in [0.1, 0.15) is 25.3 Å². The van der Waals surface area contributed by atoms with E-state index in [1.54, 1.807) is 18.2 Å². The summed E-state index contributed by atoms with van der Waals surface area (Å²) >= 11 is 0. The Bertz CT molecular complexity index is 581. The van der Waals surface area contributed by atoms with E-state index in [9.17, 15) is 8.42 Å². The molecule has 0 aromatic heterocycles. The normalized spacial score (nSPS) is 20.0. The lowest BCUT2D eigenvalue weighted by Crippen LogP contribution is -2.22. The fraction of sp³-hybridized carbons (Fsp3) is 0.462. The molecule has 104 valence electrons. The second-order valence-electron chi connectivity index (χ2n) is 4.82. The SMILES string of the molecule is CC(CN)CCCN=C1NS(=O)(=O)c2ccccc21. The Balaban J connectivity index is 2.07. The summed E-state index contributed by atoms with van der Waals surface area (Å²) in [6, 6.07) is 6.89. The summed E-state index contributed by atoms with van der Waals surface area (Å²) in [5.41, 5.74) is 6.21. The van der Waals surface area contributed by atoms with Crippen LogP contribution in [0, 0.1) is 5.92 Å². The molecule has 1 atom stereocenters. The molecule has 5 nitrogen and oxygen atoms in total. The van der Waals surface area contributed by atoms with Crippen molar-refractivity contribution in [1.29, 1.82) is 0 Å². The van der Waals surface area contributed by atoms with E-state index in [0.29, 0.717) is 35.3 Å². The molecule has 0 radical (unpaired) electrons. The summed E-state index contributed by atoms with van der Waals surface area (Å²) in [5.74, 6) is 0.934. The fourth-order valence-corrected chi connectivity index (χ4v) is 3.25. The lowest BCUT2D eigenvalue weighted by Gasteiger charge is -2.06. The van der Waals surface area contributed by atoms with Crippen molar-refractivity contribution < 1.29 is 8.42 Å². The van der Waals surface area contributed by atoms with Crippen LogP contribution in [-0.2, 0) is 10.0 Å². The Morgan fingerprint density at radius 3 is 2.84 bits per heavy atom. The van der Waals surface area contributed by atoms with Gasteiger partial charge in [-0.2, -0.15) is 0 Å². The van der Waals surface area contributed by atoms with Gasteiger partial charge in [0.25, 0.3) is 10.0 Å². The number of amidine groups is 1. The minimum atomic E-state index is -3.41. The molecule has 0 spiro atoms. The van der Waals surface area contributed by atoms with Crippen molar-refractivity contribution in [2.24, 2.45) is 16.6 Å². The van der Waals surface area contributed by atoms with E-state index >= 15 is 0 Å². The number of aliphatic imine (C=N–C) groups is 1. The molecule has 1 unspecified atom stereocenters. The third-order valence-corrected chi connectivity index (χ3v) is 4.59. The number of rotatable bonds is 5. The molecule has 2 rings (SSSR count). The number of sulfonamides is 1. The molecular weight excluding hydrogens is 262 g/mol. The molecule has 1 aromatic carbocycles. The summed E-state index contributed by atoms with van der Waals surface area (Å²) < 4.78 is 26.2. The van der Waals surface area contributed by atoms with Crippen molar-refractivity contribution in [3.8, 4) is 0 Å². The highest BCUT2D eigenvalue weighted by atomic mass is 32.2. The highest BCUT2D eigenvalue weighted by molar-refractivity contribution is 7.90. The van der Waals surface area contributed by atoms with E-state index in [1.807, 2.05) is 6.07 Å². The zero-order valence-electron chi connectivity index (χ0n) is 11.0. The second kappa shape index (κ2) is 5.71. The van der Waals surface area contributed by atoms with Crippen molar-refractivity contribution in [2.75, 3.05) is 13.1 Å². The number of benzene rings is 1. The molecule has 3 N–H and O–H groups in total. The zero-order valence-corrected chi connectivity index (χ0v) is 11.8. The van der Waals surface area contributed by atoms with Crippen LogP contribution in [0.5, 0.6) is 0 Å². The van der Waals surface area contributed by atoms with Crippen LogP contribution in [0.25, 0.3) is 0 Å². The van der Waals surface area contributed by atoms with Crippen LogP contribution < -0.4 is 10.5 Å². The second-order valence-corrected chi connectivity index (χ2v) is 6.47. The molecule has 1 aromatic rings. The molecule has 0 amide bonds. The number of nitrogens with two attached hydrogens (primary N) is 1. The molecule has 0 saturated carbocycles. The number of nitrogens with one attached hydrogen (secondary N) is 1. The summed E-state index contributed by atoms with van der Waals surface area (Å²) in [6.07, 6.45) is 1.91. The van der Waals surface area contributed by atoms with E-state index in [-0.39, 0.29) is 0 Å². The molecule has 6 heteroatoms. The number of fused-ring (bicyclic) bond motifs is 1. The van der Waals surface area contributed by atoms with E-state index < -0.39 is 10.0 Å². The molecular formula is C13H19N3O2S. The first-order valence-corrected chi connectivity index (χ1v) is 7.89. The maximum Gasteiger partial charge on any atom is 0.263 e. The number of hydrogen-bond donors (Lipinski definition) is 2. The third kappa shape index (κ3) is 3.13. The van der Waals surface area contributed by atoms with Gasteiger partial charge in [-0.25, -0.2) is 8.42 Å². The monoisotopic (exact) mass is 281 g/mol. The van der Waals surface area contributed by atoms with Gasteiger partial charge in [0.2, 0.25) is 0 Å². The molecule has 0 saturated heterocycles. The van der Waals surface area contributed by atoms with Crippen molar-refractivity contribution in [1.82, 2.24) is 4.72 Å². The predicted octanol–water partition coefficient (Wildman–Crippen LogP) is 1.10. The minimum Gasteiger partial charge on any atom is -0.330 e. The molecule has 19 heavy (non-hydrogen) atoms. The number of hydrogen-bond acceptors (Lipinski definition) is 4. The number of nitrogens with zero attached hydrogens (tertiary/aromatic N) is 1. The Labute approximate surface area is 114 Å². The van der Waals surface area contributed by atoms with Crippen molar-refractivity contribution in [3.63, 3.8) is 0 Å². The fourth-order valence-electron chi connectivity index (χ4n) is 2.00. The quantitative estimate of drug-likeness (QED) is 0.793. The summed E-state index contributed by atoms with van der Waals surface area (Å²) in [5, 5.41) is 0. The standard InChI is InChI=1S/C13H19N3O2S/c1-10(9-14)5-4-8-15-13-11-6-2-3-7-12(11)19(17,18)16-13/h2-3,6-7,10H,4-5,8-9,14H2,1H3,(H,15,16). The third-order valence-electron chi connectivity index (χ3n) is 3.19. The summed E-state index contributed by atoms with van der Waals surface area (Å²) in [4.78, 5) is 4.66. The van der Waals surface area contributed by atoms with Crippen molar-refractivity contribution >= 4 is 15.9 Å². The predicted molar refractivity (Wildman–Crippen MR) is 75.6 cm³/mol. The largest absolute Gasteiger partial charge is 0.330 e. The van der Waals surface area contributed by atoms with Gasteiger partial charge < -0.3 is 5.73 Å². The topological polar surface area (TPSA) is 84.5 Å². The smallest absolute Gasteiger partial charge is 0.263 e. The lowest BCUT2D eigenvalue weighted by molar-refractivity contribution is 0.525.